The van der Waals surface area contributed by atoms with Crippen molar-refractivity contribution in [2.75, 3.05) is 0 Å². The summed E-state index contributed by atoms with van der Waals surface area (Å²) in [5, 5.41) is 22.7. The number of allylic oxidation sites excluding steroid dienone is 1. The highest BCUT2D eigenvalue weighted by Gasteiger charge is 2.33. The number of rotatable bonds is 7. The summed E-state index contributed by atoms with van der Waals surface area (Å²) >= 11 is 1.26. The van der Waals surface area contributed by atoms with E-state index in [1.165, 1.54) is 35.1 Å². The van der Waals surface area contributed by atoms with Gasteiger partial charge >= 0.3 is 0 Å². The van der Waals surface area contributed by atoms with E-state index in [0.29, 0.717) is 32.6 Å². The largest absolute Gasteiger partial charge is 0.488 e. The van der Waals surface area contributed by atoms with E-state index < -0.39 is 15.9 Å². The lowest BCUT2D eigenvalue weighted by Crippen LogP contribution is -2.38. The third-order valence-electron chi connectivity index (χ3n) is 8.02. The fourth-order valence-electron chi connectivity index (χ4n) is 5.88. The minimum Gasteiger partial charge on any atom is -0.488 e. The minimum atomic E-state index is -0.541. The summed E-state index contributed by atoms with van der Waals surface area (Å²) in [6.07, 6.45) is 3.22. The summed E-state index contributed by atoms with van der Waals surface area (Å²) in [5.74, 6) is 0.546. The first-order valence-corrected chi connectivity index (χ1v) is 15.0. The average molecular weight is 617 g/mol. The Balaban J connectivity index is 1.33. The van der Waals surface area contributed by atoms with Gasteiger partial charge in [0.1, 0.15) is 12.4 Å². The molecule has 5 aromatic rings. The zero-order chi connectivity index (χ0) is 31.1. The first-order chi connectivity index (χ1) is 21.9. The van der Waals surface area contributed by atoms with E-state index in [0.717, 1.165) is 28.8 Å². The van der Waals surface area contributed by atoms with E-state index in [1.54, 1.807) is 41.0 Å². The van der Waals surface area contributed by atoms with E-state index >= 15 is 0 Å². The first kappa shape index (κ1) is 28.1. The van der Waals surface area contributed by atoms with Gasteiger partial charge in [0.15, 0.2) is 4.80 Å². The Morgan fingerprint density at radius 2 is 1.64 bits per heavy atom. The van der Waals surface area contributed by atoms with Gasteiger partial charge in [-0.05, 0) is 59.4 Å². The van der Waals surface area contributed by atoms with Gasteiger partial charge in [-0.25, -0.2) is 4.99 Å². The molecular weight excluding hydrogens is 592 g/mol. The maximum absolute atomic E-state index is 14.1. The van der Waals surface area contributed by atoms with Gasteiger partial charge in [-0.3, -0.25) is 29.6 Å². The number of aromatic nitrogens is 1. The molecule has 10 nitrogen and oxygen atoms in total. The molecule has 1 atom stereocenters. The standard InChI is InChI=1S/C34H24N4O6S/c39-33-30(19-23-7-2-4-11-29(23)44-20-21-12-15-25(16-13-21)37(40)41)45-34-35-31-27-10-3-1-6-22(27)14-17-28(31)32(36(33)34)24-8-5-9-26(18-24)38(42)43/h1-13,15-16,18-19,32H,14,17,20H2/b30-19-/t32-/m0/s1. The van der Waals surface area contributed by atoms with Crippen LogP contribution in [-0.4, -0.2) is 14.4 Å². The van der Waals surface area contributed by atoms with Crippen LogP contribution < -0.4 is 19.6 Å². The number of benzene rings is 4. The van der Waals surface area contributed by atoms with E-state index in [-0.39, 0.29) is 23.5 Å². The number of fused-ring (bicyclic) bond motifs is 3. The molecule has 2 aliphatic rings. The van der Waals surface area contributed by atoms with Gasteiger partial charge in [0.2, 0.25) is 0 Å². The van der Waals surface area contributed by atoms with Gasteiger partial charge in [0.25, 0.3) is 16.9 Å². The summed E-state index contributed by atoms with van der Waals surface area (Å²) in [6, 6.07) is 27.5. The van der Waals surface area contributed by atoms with Crippen LogP contribution in [0.1, 0.15) is 40.3 Å². The second-order valence-electron chi connectivity index (χ2n) is 10.7. The molecule has 0 unspecified atom stereocenters. The van der Waals surface area contributed by atoms with Crippen molar-refractivity contribution in [2.45, 2.75) is 25.5 Å². The van der Waals surface area contributed by atoms with Crippen molar-refractivity contribution in [1.82, 2.24) is 4.57 Å². The summed E-state index contributed by atoms with van der Waals surface area (Å²) in [5.41, 5.74) is 5.78. The molecular formula is C34H24N4O6S. The van der Waals surface area contributed by atoms with Crippen LogP contribution in [0.15, 0.2) is 112 Å². The number of thiazole rings is 1. The highest BCUT2D eigenvalue weighted by molar-refractivity contribution is 7.07. The normalized spacial score (nSPS) is 15.5. The second-order valence-corrected chi connectivity index (χ2v) is 11.7. The molecule has 0 radical (unpaired) electrons. The quantitative estimate of drug-likeness (QED) is 0.170. The molecule has 0 N–H and O–H groups in total. The number of nitrogens with zero attached hydrogens (tertiary/aromatic N) is 4. The number of hydrogen-bond donors (Lipinski definition) is 0. The van der Waals surface area contributed by atoms with E-state index in [2.05, 4.69) is 6.07 Å². The van der Waals surface area contributed by atoms with Gasteiger partial charge in [0, 0.05) is 35.4 Å². The van der Waals surface area contributed by atoms with Crippen molar-refractivity contribution in [2.24, 2.45) is 4.99 Å². The van der Waals surface area contributed by atoms with E-state index in [1.807, 2.05) is 42.5 Å². The summed E-state index contributed by atoms with van der Waals surface area (Å²) in [7, 11) is 0. The molecule has 11 heteroatoms. The summed E-state index contributed by atoms with van der Waals surface area (Å²) < 4.78 is 8.18. The molecule has 0 spiro atoms. The highest BCUT2D eigenvalue weighted by Crippen LogP contribution is 2.41. The van der Waals surface area contributed by atoms with Crippen LogP contribution in [0.25, 0.3) is 11.8 Å². The predicted molar refractivity (Wildman–Crippen MR) is 170 cm³/mol. The lowest BCUT2D eigenvalue weighted by molar-refractivity contribution is -0.385. The van der Waals surface area contributed by atoms with Gasteiger partial charge in [-0.1, -0.05) is 65.9 Å². The predicted octanol–water partition coefficient (Wildman–Crippen LogP) is 5.71. The Labute approximate surface area is 259 Å². The Kier molecular flexibility index (Phi) is 7.14. The monoisotopic (exact) mass is 616 g/mol. The van der Waals surface area contributed by atoms with Gasteiger partial charge in [-0.2, -0.15) is 0 Å². The van der Waals surface area contributed by atoms with E-state index in [9.17, 15) is 25.0 Å². The van der Waals surface area contributed by atoms with Crippen LogP contribution >= 0.6 is 11.3 Å². The fourth-order valence-corrected chi connectivity index (χ4v) is 6.87. The number of hydrogen-bond acceptors (Lipinski definition) is 8. The zero-order valence-electron chi connectivity index (χ0n) is 23.7. The van der Waals surface area contributed by atoms with Crippen LogP contribution in [0, 0.1) is 20.2 Å². The molecule has 2 heterocycles. The number of non-ortho nitro benzene ring substituents is 2. The maximum Gasteiger partial charge on any atom is 0.271 e. The molecule has 0 fully saturated rings. The molecule has 0 saturated carbocycles. The fraction of sp³-hybridized carbons (Fsp3) is 0.118. The van der Waals surface area contributed by atoms with E-state index in [4.69, 9.17) is 9.73 Å². The molecule has 1 aromatic heterocycles. The van der Waals surface area contributed by atoms with Crippen molar-refractivity contribution in [3.05, 3.63) is 170 Å². The van der Waals surface area contributed by atoms with Crippen LogP contribution in [0.5, 0.6) is 5.75 Å². The van der Waals surface area contributed by atoms with Crippen molar-refractivity contribution in [3.63, 3.8) is 0 Å². The molecule has 0 bridgehead atoms. The lowest BCUT2D eigenvalue weighted by Gasteiger charge is -2.30. The van der Waals surface area contributed by atoms with Crippen molar-refractivity contribution in [1.29, 1.82) is 0 Å². The minimum absolute atomic E-state index is 0.00287. The lowest BCUT2D eigenvalue weighted by atomic mass is 9.83. The highest BCUT2D eigenvalue weighted by atomic mass is 32.1. The molecule has 7 rings (SSSR count). The maximum atomic E-state index is 14.1. The SMILES string of the molecule is O=c1/c(=C/c2ccccc2OCc2ccc([N+](=O)[O-])cc2)sc2n1[C@@H](c1cccc([N+](=O)[O-])c1)C1=C(N=2)c2ccccc2CC1. The molecule has 222 valence electrons. The van der Waals surface area contributed by atoms with Crippen LogP contribution in [0.4, 0.5) is 11.4 Å². The summed E-state index contributed by atoms with van der Waals surface area (Å²) in [6.45, 7) is 0.184. The summed E-state index contributed by atoms with van der Waals surface area (Å²) in [4.78, 5) is 41.5. The molecule has 45 heavy (non-hydrogen) atoms. The Bertz CT molecular complexity index is 2220. The van der Waals surface area contributed by atoms with Crippen LogP contribution in [0.3, 0.4) is 0 Å². The molecule has 1 aliphatic carbocycles. The van der Waals surface area contributed by atoms with Crippen molar-refractivity contribution >= 4 is 34.5 Å². The van der Waals surface area contributed by atoms with Gasteiger partial charge in [0.05, 0.1) is 26.1 Å². The number of nitro benzene ring substituents is 2. The first-order valence-electron chi connectivity index (χ1n) is 14.2. The number of ether oxygens (including phenoxy) is 1. The molecule has 0 saturated heterocycles. The number of para-hydroxylation sites is 1. The second kappa shape index (κ2) is 11.4. The van der Waals surface area contributed by atoms with Crippen molar-refractivity contribution in [3.8, 4) is 5.75 Å². The van der Waals surface area contributed by atoms with Gasteiger partial charge < -0.3 is 4.74 Å². The Morgan fingerprint density at radius 3 is 2.44 bits per heavy atom. The average Bonchev–Trinajstić information content (AvgIpc) is 3.37. The molecule has 1 aliphatic heterocycles. The topological polar surface area (TPSA) is 130 Å². The van der Waals surface area contributed by atoms with Gasteiger partial charge in [-0.15, -0.1) is 0 Å². The smallest absolute Gasteiger partial charge is 0.271 e. The third-order valence-corrected chi connectivity index (χ3v) is 9.00. The molecule has 4 aromatic carbocycles. The Hall–Kier alpha value is -5.68. The van der Waals surface area contributed by atoms with Crippen LogP contribution in [-0.2, 0) is 13.0 Å². The molecule has 0 amide bonds. The number of nitro groups is 2. The third kappa shape index (κ3) is 5.23. The Morgan fingerprint density at radius 1 is 0.889 bits per heavy atom. The van der Waals surface area contributed by atoms with Crippen molar-refractivity contribution < 1.29 is 14.6 Å². The zero-order valence-corrected chi connectivity index (χ0v) is 24.5. The van der Waals surface area contributed by atoms with Crippen LogP contribution in [0.2, 0.25) is 0 Å². The number of aryl methyl sites for hydroxylation is 1.